The number of rotatable bonds is 6. The average molecular weight is 223 g/mol. The average Bonchev–Trinajstić information content (AvgIpc) is 2.04. The molecule has 0 saturated heterocycles. The summed E-state index contributed by atoms with van der Waals surface area (Å²) in [5, 5.41) is 8.73. The predicted octanol–water partition coefficient (Wildman–Crippen LogP) is 0.00330. The van der Waals surface area contributed by atoms with Crippen LogP contribution in [0.25, 0.3) is 0 Å². The fraction of sp³-hybridized carbons (Fsp3) is 0.875. The molecule has 0 atom stereocenters. The lowest BCUT2D eigenvalue weighted by atomic mass is 10.2. The summed E-state index contributed by atoms with van der Waals surface area (Å²) in [7, 11) is -3.59. The second-order valence-electron chi connectivity index (χ2n) is 3.63. The fourth-order valence-electron chi connectivity index (χ4n) is 0.825. The first kappa shape index (κ1) is 13.4. The number of hydrogen-bond donors (Lipinski definition) is 2. The van der Waals surface area contributed by atoms with Crippen molar-refractivity contribution in [1.29, 1.82) is 0 Å². The predicted molar refractivity (Wildman–Crippen MR) is 53.8 cm³/mol. The Morgan fingerprint density at radius 3 is 2.21 bits per heavy atom. The highest BCUT2D eigenvalue weighted by molar-refractivity contribution is 7.93. The first-order chi connectivity index (χ1) is 6.25. The maximum atomic E-state index is 11.5. The van der Waals surface area contributed by atoms with Gasteiger partial charge in [0.05, 0.1) is 5.75 Å². The van der Waals surface area contributed by atoms with Gasteiger partial charge in [-0.15, -0.1) is 0 Å². The molecular weight excluding hydrogens is 206 g/mol. The number of carboxylic acid groups (broad SMARTS) is 1. The summed E-state index contributed by atoms with van der Waals surface area (Å²) >= 11 is 0. The van der Waals surface area contributed by atoms with Crippen molar-refractivity contribution in [2.75, 3.05) is 12.3 Å². The molecule has 0 aromatic heterocycles. The van der Waals surface area contributed by atoms with E-state index in [0.29, 0.717) is 19.4 Å². The monoisotopic (exact) mass is 223 g/mol. The van der Waals surface area contributed by atoms with Crippen molar-refractivity contribution in [3.8, 4) is 0 Å². The third kappa shape index (κ3) is 2.95. The van der Waals surface area contributed by atoms with Crippen molar-refractivity contribution in [2.45, 2.75) is 31.4 Å². The van der Waals surface area contributed by atoms with E-state index in [-0.39, 0.29) is 5.75 Å². The van der Waals surface area contributed by atoms with Crippen LogP contribution < -0.4 is 5.73 Å². The largest absolute Gasteiger partial charge is 0.480 e. The lowest BCUT2D eigenvalue weighted by Crippen LogP contribution is -2.42. The summed E-state index contributed by atoms with van der Waals surface area (Å²) in [4.78, 5) is 10.7. The van der Waals surface area contributed by atoms with Gasteiger partial charge in [-0.25, -0.2) is 8.42 Å². The maximum absolute atomic E-state index is 11.5. The Balaban J connectivity index is 4.55. The Labute approximate surface area is 84.2 Å². The summed E-state index contributed by atoms with van der Waals surface area (Å²) < 4.78 is 21.4. The molecule has 0 saturated carbocycles. The van der Waals surface area contributed by atoms with E-state index < -0.39 is 20.6 Å². The third-order valence-electron chi connectivity index (χ3n) is 2.16. The molecule has 5 nitrogen and oxygen atoms in total. The maximum Gasteiger partial charge on any atom is 0.324 e. The number of sulfone groups is 1. The minimum atomic E-state index is -3.59. The quantitative estimate of drug-likeness (QED) is 0.618. The molecule has 0 rings (SSSR count). The molecule has 0 amide bonds. The van der Waals surface area contributed by atoms with Crippen LogP contribution in [0.3, 0.4) is 0 Å². The van der Waals surface area contributed by atoms with Gasteiger partial charge in [0, 0.05) is 0 Å². The van der Waals surface area contributed by atoms with E-state index >= 15 is 0 Å². The highest BCUT2D eigenvalue weighted by atomic mass is 32.2. The minimum Gasteiger partial charge on any atom is -0.480 e. The number of unbranched alkanes of at least 4 members (excludes halogenated alkanes) is 1. The lowest BCUT2D eigenvalue weighted by molar-refractivity contribution is -0.139. The molecule has 84 valence electrons. The van der Waals surface area contributed by atoms with Crippen molar-refractivity contribution in [3.63, 3.8) is 0 Å². The molecule has 0 heterocycles. The Hall–Kier alpha value is -0.620. The van der Waals surface area contributed by atoms with Crippen molar-refractivity contribution in [2.24, 2.45) is 5.73 Å². The van der Waals surface area contributed by atoms with E-state index in [1.807, 2.05) is 0 Å². The summed E-state index contributed by atoms with van der Waals surface area (Å²) in [5.41, 5.74) is 5.22. The van der Waals surface area contributed by atoms with Gasteiger partial charge in [0.15, 0.2) is 14.6 Å². The highest BCUT2D eigenvalue weighted by Gasteiger charge is 2.40. The Morgan fingerprint density at radius 2 is 1.86 bits per heavy atom. The first-order valence-corrected chi connectivity index (χ1v) is 6.06. The van der Waals surface area contributed by atoms with E-state index in [1.165, 1.54) is 13.8 Å². The highest BCUT2D eigenvalue weighted by Crippen LogP contribution is 2.18. The molecule has 3 N–H and O–H groups in total. The normalized spacial score (nSPS) is 12.8. The molecule has 0 aliphatic rings. The zero-order chi connectivity index (χ0) is 11.4. The van der Waals surface area contributed by atoms with Crippen LogP contribution in [-0.4, -0.2) is 36.5 Å². The lowest BCUT2D eigenvalue weighted by Gasteiger charge is -2.19. The smallest absolute Gasteiger partial charge is 0.324 e. The molecular formula is C8H17NO4S. The van der Waals surface area contributed by atoms with Crippen LogP contribution in [-0.2, 0) is 14.6 Å². The zero-order valence-corrected chi connectivity index (χ0v) is 9.30. The number of carboxylic acids is 1. The van der Waals surface area contributed by atoms with E-state index in [0.717, 1.165) is 0 Å². The van der Waals surface area contributed by atoms with Gasteiger partial charge in [0.2, 0.25) is 0 Å². The Morgan fingerprint density at radius 1 is 1.36 bits per heavy atom. The molecule has 0 spiro atoms. The van der Waals surface area contributed by atoms with E-state index in [9.17, 15) is 13.2 Å². The van der Waals surface area contributed by atoms with Crippen molar-refractivity contribution in [3.05, 3.63) is 0 Å². The Bertz CT molecular complexity index is 294. The molecule has 0 unspecified atom stereocenters. The van der Waals surface area contributed by atoms with Crippen LogP contribution in [0.1, 0.15) is 26.7 Å². The molecule has 14 heavy (non-hydrogen) atoms. The van der Waals surface area contributed by atoms with Gasteiger partial charge in [-0.1, -0.05) is 0 Å². The Kier molecular flexibility index (Phi) is 4.54. The third-order valence-corrected chi connectivity index (χ3v) is 4.72. The summed E-state index contributed by atoms with van der Waals surface area (Å²) in [6.07, 6.45) is 1.00. The van der Waals surface area contributed by atoms with Gasteiger partial charge in [0.1, 0.15) is 0 Å². The van der Waals surface area contributed by atoms with Gasteiger partial charge in [-0.3, -0.25) is 4.79 Å². The number of nitrogens with two attached hydrogens (primary N) is 1. The zero-order valence-electron chi connectivity index (χ0n) is 8.49. The summed E-state index contributed by atoms with van der Waals surface area (Å²) in [5.74, 6) is -1.44. The number of aliphatic carboxylic acids is 1. The minimum absolute atomic E-state index is 0.122. The van der Waals surface area contributed by atoms with Gasteiger partial charge in [0.25, 0.3) is 0 Å². The van der Waals surface area contributed by atoms with Crippen molar-refractivity contribution >= 4 is 15.8 Å². The van der Waals surface area contributed by atoms with Crippen LogP contribution in [0.4, 0.5) is 0 Å². The van der Waals surface area contributed by atoms with Crippen LogP contribution in [0.15, 0.2) is 0 Å². The molecule has 0 fully saturated rings. The standard InChI is InChI=1S/C8H17NO4S/c1-8(2,7(10)11)14(12,13)6-4-3-5-9/h3-6,9H2,1-2H3,(H,10,11). The van der Waals surface area contributed by atoms with Gasteiger partial charge >= 0.3 is 5.97 Å². The molecule has 0 aliphatic heterocycles. The second-order valence-corrected chi connectivity index (χ2v) is 6.29. The van der Waals surface area contributed by atoms with Gasteiger partial charge in [-0.2, -0.15) is 0 Å². The molecule has 0 radical (unpaired) electrons. The molecule has 0 aromatic rings. The molecule has 0 aliphatic carbocycles. The van der Waals surface area contributed by atoms with Gasteiger partial charge in [-0.05, 0) is 33.2 Å². The van der Waals surface area contributed by atoms with Crippen LogP contribution in [0, 0.1) is 0 Å². The first-order valence-electron chi connectivity index (χ1n) is 4.41. The second kappa shape index (κ2) is 4.75. The van der Waals surface area contributed by atoms with E-state index in [2.05, 4.69) is 0 Å². The molecule has 6 heteroatoms. The fourth-order valence-corrected chi connectivity index (χ4v) is 2.19. The van der Waals surface area contributed by atoms with Gasteiger partial charge < -0.3 is 10.8 Å². The molecule has 0 aromatic carbocycles. The van der Waals surface area contributed by atoms with E-state index in [1.54, 1.807) is 0 Å². The topological polar surface area (TPSA) is 97.5 Å². The van der Waals surface area contributed by atoms with Crippen LogP contribution in [0.2, 0.25) is 0 Å². The van der Waals surface area contributed by atoms with Crippen molar-refractivity contribution in [1.82, 2.24) is 0 Å². The SMILES string of the molecule is CC(C)(C(=O)O)S(=O)(=O)CCCCN. The summed E-state index contributed by atoms with van der Waals surface area (Å²) in [6, 6.07) is 0. The van der Waals surface area contributed by atoms with Crippen molar-refractivity contribution < 1.29 is 18.3 Å². The van der Waals surface area contributed by atoms with Crippen LogP contribution >= 0.6 is 0 Å². The van der Waals surface area contributed by atoms with Crippen LogP contribution in [0.5, 0.6) is 0 Å². The van der Waals surface area contributed by atoms with E-state index in [4.69, 9.17) is 10.8 Å². The number of hydrogen-bond acceptors (Lipinski definition) is 4. The molecule has 0 bridgehead atoms. The number of carbonyl (C=O) groups is 1. The summed E-state index contributed by atoms with van der Waals surface area (Å²) in [6.45, 7) is 2.82.